The summed E-state index contributed by atoms with van der Waals surface area (Å²) in [5, 5.41) is 3.09. The van der Waals surface area contributed by atoms with Crippen molar-refractivity contribution in [3.05, 3.63) is 40.3 Å². The van der Waals surface area contributed by atoms with Crippen LogP contribution in [0.3, 0.4) is 0 Å². The predicted octanol–water partition coefficient (Wildman–Crippen LogP) is 3.97. The number of benzene rings is 1. The number of ketones is 1. The van der Waals surface area contributed by atoms with Gasteiger partial charge in [-0.05, 0) is 51.5 Å². The number of nitrogens with zero attached hydrogens (tertiary/aromatic N) is 1. The van der Waals surface area contributed by atoms with E-state index in [0.717, 1.165) is 4.88 Å². The third kappa shape index (κ3) is 4.99. The van der Waals surface area contributed by atoms with E-state index in [1.165, 1.54) is 16.2 Å². The van der Waals surface area contributed by atoms with Crippen molar-refractivity contribution in [2.24, 2.45) is 0 Å². The summed E-state index contributed by atoms with van der Waals surface area (Å²) >= 11 is 1.25. The van der Waals surface area contributed by atoms with Gasteiger partial charge in [0.05, 0.1) is 17.9 Å². The van der Waals surface area contributed by atoms with E-state index in [1.54, 1.807) is 38.1 Å². The molecule has 32 heavy (non-hydrogen) atoms. The van der Waals surface area contributed by atoms with Gasteiger partial charge in [-0.15, -0.1) is 11.3 Å². The van der Waals surface area contributed by atoms with Gasteiger partial charge >= 0.3 is 5.97 Å². The molecule has 1 atom stereocenters. The molecule has 170 valence electrons. The number of anilines is 2. The van der Waals surface area contributed by atoms with Gasteiger partial charge in [0.25, 0.3) is 5.91 Å². The van der Waals surface area contributed by atoms with Crippen LogP contribution in [0, 0.1) is 6.92 Å². The standard InChI is InChI=1S/C23H26N2O6S/c1-5-7-18(26)15-8-9-19-17(11-15)25(22(28)14(4)31-19)12-20(27)24-21-16(10-13(3)32-21)23(29)30-6-2/h8-11,14H,5-7,12H2,1-4H3,(H,24,27). The van der Waals surface area contributed by atoms with Crippen molar-refractivity contribution < 1.29 is 28.7 Å². The van der Waals surface area contributed by atoms with Crippen molar-refractivity contribution in [3.8, 4) is 5.75 Å². The zero-order chi connectivity index (χ0) is 23.4. The van der Waals surface area contributed by atoms with Crippen LogP contribution in [-0.4, -0.2) is 42.8 Å². The van der Waals surface area contributed by atoms with Crippen LogP contribution in [0.5, 0.6) is 5.75 Å². The number of esters is 1. The Balaban J connectivity index is 1.85. The van der Waals surface area contributed by atoms with Gasteiger partial charge in [0.15, 0.2) is 11.9 Å². The summed E-state index contributed by atoms with van der Waals surface area (Å²) < 4.78 is 10.7. The first-order valence-electron chi connectivity index (χ1n) is 10.5. The number of carbonyl (C=O) groups excluding carboxylic acids is 4. The molecule has 8 nitrogen and oxygen atoms in total. The number of thiophene rings is 1. The summed E-state index contributed by atoms with van der Waals surface area (Å²) in [5.41, 5.74) is 1.11. The SMILES string of the molecule is CCCC(=O)c1ccc2c(c1)N(CC(=O)Nc1sc(C)cc1C(=O)OCC)C(=O)C(C)O2. The first-order chi connectivity index (χ1) is 15.2. The Labute approximate surface area is 190 Å². The van der Waals surface area contributed by atoms with Crippen molar-refractivity contribution in [2.75, 3.05) is 23.4 Å². The summed E-state index contributed by atoms with van der Waals surface area (Å²) in [6.07, 6.45) is 0.322. The van der Waals surface area contributed by atoms with E-state index >= 15 is 0 Å². The zero-order valence-electron chi connectivity index (χ0n) is 18.5. The smallest absolute Gasteiger partial charge is 0.341 e. The minimum absolute atomic E-state index is 0.0427. The summed E-state index contributed by atoms with van der Waals surface area (Å²) in [7, 11) is 0. The van der Waals surface area contributed by atoms with Crippen LogP contribution in [0.15, 0.2) is 24.3 Å². The Morgan fingerprint density at radius 2 is 1.97 bits per heavy atom. The Kier molecular flexibility index (Phi) is 7.29. The fourth-order valence-corrected chi connectivity index (χ4v) is 4.31. The number of hydrogen-bond donors (Lipinski definition) is 1. The Morgan fingerprint density at radius 3 is 2.66 bits per heavy atom. The Hall–Kier alpha value is -3.20. The average molecular weight is 459 g/mol. The number of carbonyl (C=O) groups is 4. The summed E-state index contributed by atoms with van der Waals surface area (Å²) in [6, 6.07) is 6.55. The van der Waals surface area contributed by atoms with Crippen LogP contribution in [0.4, 0.5) is 10.7 Å². The van der Waals surface area contributed by atoms with Gasteiger partial charge in [-0.3, -0.25) is 19.3 Å². The van der Waals surface area contributed by atoms with Gasteiger partial charge in [-0.2, -0.15) is 0 Å². The van der Waals surface area contributed by atoms with E-state index in [4.69, 9.17) is 9.47 Å². The number of Topliss-reactive ketones (excluding diaryl/α,β-unsaturated/α-hetero) is 1. The number of hydrogen-bond acceptors (Lipinski definition) is 7. The van der Waals surface area contributed by atoms with Crippen molar-refractivity contribution in [1.29, 1.82) is 0 Å². The maximum atomic E-state index is 12.8. The van der Waals surface area contributed by atoms with Gasteiger partial charge in [-0.1, -0.05) is 6.92 Å². The molecule has 1 aromatic carbocycles. The number of ether oxygens (including phenoxy) is 2. The molecule has 0 bridgehead atoms. The lowest BCUT2D eigenvalue weighted by Crippen LogP contribution is -2.47. The molecular formula is C23H26N2O6S. The maximum absolute atomic E-state index is 12.8. The first kappa shape index (κ1) is 23.5. The Bertz CT molecular complexity index is 1060. The van der Waals surface area contributed by atoms with Crippen molar-refractivity contribution in [3.63, 3.8) is 0 Å². The van der Waals surface area contributed by atoms with Gasteiger partial charge in [0.2, 0.25) is 5.91 Å². The van der Waals surface area contributed by atoms with E-state index in [-0.39, 0.29) is 30.4 Å². The lowest BCUT2D eigenvalue weighted by Gasteiger charge is -2.32. The summed E-state index contributed by atoms with van der Waals surface area (Å²) in [4.78, 5) is 52.3. The number of rotatable bonds is 8. The monoisotopic (exact) mass is 458 g/mol. The maximum Gasteiger partial charge on any atom is 0.341 e. The molecule has 9 heteroatoms. The molecule has 1 N–H and O–H groups in total. The molecule has 1 aromatic heterocycles. The molecule has 0 fully saturated rings. The lowest BCUT2D eigenvalue weighted by atomic mass is 10.0. The molecule has 1 unspecified atom stereocenters. The van der Waals surface area contributed by atoms with Crippen LogP contribution in [0.25, 0.3) is 0 Å². The highest BCUT2D eigenvalue weighted by Crippen LogP contribution is 2.35. The molecule has 3 rings (SSSR count). The first-order valence-corrected chi connectivity index (χ1v) is 11.3. The fraction of sp³-hybridized carbons (Fsp3) is 0.391. The van der Waals surface area contributed by atoms with E-state index in [9.17, 15) is 19.2 Å². The summed E-state index contributed by atoms with van der Waals surface area (Å²) in [6.45, 7) is 6.98. The zero-order valence-corrected chi connectivity index (χ0v) is 19.3. The minimum Gasteiger partial charge on any atom is -0.479 e. The van der Waals surface area contributed by atoms with Gasteiger partial charge < -0.3 is 14.8 Å². The molecule has 0 saturated carbocycles. The molecule has 2 amide bonds. The van der Waals surface area contributed by atoms with Crippen molar-refractivity contribution >= 4 is 45.6 Å². The highest BCUT2D eigenvalue weighted by atomic mass is 32.1. The van der Waals surface area contributed by atoms with Crippen molar-refractivity contribution in [1.82, 2.24) is 0 Å². The van der Waals surface area contributed by atoms with Gasteiger partial charge in [-0.25, -0.2) is 4.79 Å². The van der Waals surface area contributed by atoms with Crippen LogP contribution in [0.2, 0.25) is 0 Å². The Morgan fingerprint density at radius 1 is 1.22 bits per heavy atom. The highest BCUT2D eigenvalue weighted by Gasteiger charge is 2.33. The van der Waals surface area contributed by atoms with E-state index in [1.807, 2.05) is 13.8 Å². The third-order valence-corrected chi connectivity index (χ3v) is 5.84. The molecule has 1 aliphatic heterocycles. The normalized spacial score (nSPS) is 15.1. The molecule has 2 heterocycles. The molecule has 0 radical (unpaired) electrons. The molecule has 0 spiro atoms. The number of nitrogens with one attached hydrogen (secondary N) is 1. The van der Waals surface area contributed by atoms with Gasteiger partial charge in [0.1, 0.15) is 17.3 Å². The number of aryl methyl sites for hydroxylation is 1. The molecule has 2 aromatic rings. The van der Waals surface area contributed by atoms with E-state index in [0.29, 0.717) is 34.8 Å². The third-order valence-electron chi connectivity index (χ3n) is 4.87. The van der Waals surface area contributed by atoms with Crippen LogP contribution in [-0.2, 0) is 14.3 Å². The predicted molar refractivity (Wildman–Crippen MR) is 122 cm³/mol. The second-order valence-corrected chi connectivity index (χ2v) is 8.66. The second kappa shape index (κ2) is 9.95. The molecule has 1 aliphatic rings. The van der Waals surface area contributed by atoms with E-state index in [2.05, 4.69) is 5.32 Å². The number of fused-ring (bicyclic) bond motifs is 1. The lowest BCUT2D eigenvalue weighted by molar-refractivity contribution is -0.127. The quantitative estimate of drug-likeness (QED) is 0.474. The fourth-order valence-electron chi connectivity index (χ4n) is 3.39. The topological polar surface area (TPSA) is 102 Å². The van der Waals surface area contributed by atoms with Crippen LogP contribution in [0.1, 0.15) is 59.2 Å². The van der Waals surface area contributed by atoms with Crippen LogP contribution >= 0.6 is 11.3 Å². The highest BCUT2D eigenvalue weighted by molar-refractivity contribution is 7.16. The molecule has 0 saturated heterocycles. The average Bonchev–Trinajstić information content (AvgIpc) is 3.11. The minimum atomic E-state index is -0.772. The molecule has 0 aliphatic carbocycles. The van der Waals surface area contributed by atoms with Crippen LogP contribution < -0.4 is 15.0 Å². The van der Waals surface area contributed by atoms with E-state index < -0.39 is 18.0 Å². The van der Waals surface area contributed by atoms with Gasteiger partial charge in [0, 0.05) is 16.9 Å². The summed E-state index contributed by atoms with van der Waals surface area (Å²) in [5.74, 6) is -1.000. The molecular weight excluding hydrogens is 432 g/mol. The largest absolute Gasteiger partial charge is 0.479 e. The second-order valence-electron chi connectivity index (χ2n) is 7.41. The number of amides is 2. The van der Waals surface area contributed by atoms with Crippen molar-refractivity contribution in [2.45, 2.75) is 46.6 Å².